The van der Waals surface area contributed by atoms with E-state index >= 15 is 0 Å². The molecule has 2 aromatic rings. The smallest absolute Gasteiger partial charge is 0.272 e. The summed E-state index contributed by atoms with van der Waals surface area (Å²) in [5.41, 5.74) is 0.200. The molecule has 0 aromatic carbocycles. The van der Waals surface area contributed by atoms with E-state index in [1.54, 1.807) is 12.1 Å². The van der Waals surface area contributed by atoms with E-state index in [1.165, 1.54) is 7.11 Å². The third kappa shape index (κ3) is 4.16. The van der Waals surface area contributed by atoms with Crippen molar-refractivity contribution in [3.05, 3.63) is 29.5 Å². The van der Waals surface area contributed by atoms with Gasteiger partial charge >= 0.3 is 0 Å². The molecule has 3 heterocycles. The molecule has 9 nitrogen and oxygen atoms in total. The van der Waals surface area contributed by atoms with Gasteiger partial charge < -0.3 is 19.3 Å². The molecule has 2 aromatic heterocycles. The Morgan fingerprint density at radius 2 is 2.04 bits per heavy atom. The van der Waals surface area contributed by atoms with Crippen LogP contribution < -0.4 is 10.1 Å². The van der Waals surface area contributed by atoms with E-state index in [2.05, 4.69) is 25.7 Å². The number of nitrogens with one attached hydrogen (secondary N) is 1. The summed E-state index contributed by atoms with van der Waals surface area (Å²) in [6.45, 7) is 5.27. The number of nitrogens with zero attached hydrogens (tertiary/aromatic N) is 4. The lowest BCUT2D eigenvalue weighted by Crippen LogP contribution is -2.36. The van der Waals surface area contributed by atoms with E-state index in [1.807, 2.05) is 13.8 Å². The lowest BCUT2D eigenvalue weighted by molar-refractivity contribution is 0.0466. The average Bonchev–Trinajstić information content (AvgIpc) is 3.17. The molecule has 1 aliphatic heterocycles. The van der Waals surface area contributed by atoms with E-state index in [4.69, 9.17) is 14.0 Å². The summed E-state index contributed by atoms with van der Waals surface area (Å²) in [6, 6.07) is 2.76. The molecular formula is C17H23N5O4. The molecule has 26 heavy (non-hydrogen) atoms. The summed E-state index contributed by atoms with van der Waals surface area (Å²) in [4.78, 5) is 17.1. The van der Waals surface area contributed by atoms with Gasteiger partial charge in [0.1, 0.15) is 6.04 Å². The van der Waals surface area contributed by atoms with Gasteiger partial charge in [0.05, 0.1) is 7.11 Å². The predicted molar refractivity (Wildman–Crippen MR) is 90.7 cm³/mol. The van der Waals surface area contributed by atoms with Gasteiger partial charge in [-0.3, -0.25) is 4.79 Å². The lowest BCUT2D eigenvalue weighted by Gasteiger charge is -2.28. The van der Waals surface area contributed by atoms with Crippen LogP contribution in [0.1, 0.15) is 60.9 Å². The van der Waals surface area contributed by atoms with Crippen molar-refractivity contribution in [2.45, 2.75) is 38.6 Å². The SMILES string of the molecule is COc1ccc(C(=O)NC(c2nc(C(C)C)no2)C2CCOCC2)nn1. The zero-order valence-electron chi connectivity index (χ0n) is 15.1. The number of carbonyl (C=O) groups excluding carboxylic acids is 1. The quantitative estimate of drug-likeness (QED) is 0.830. The summed E-state index contributed by atoms with van der Waals surface area (Å²) in [7, 11) is 1.49. The topological polar surface area (TPSA) is 112 Å². The molecule has 1 saturated heterocycles. The van der Waals surface area contributed by atoms with Crippen molar-refractivity contribution in [3.63, 3.8) is 0 Å². The van der Waals surface area contributed by atoms with Crippen LogP contribution in [0.5, 0.6) is 5.88 Å². The van der Waals surface area contributed by atoms with Gasteiger partial charge in [0, 0.05) is 25.2 Å². The Bertz CT molecular complexity index is 725. The van der Waals surface area contributed by atoms with Crippen molar-refractivity contribution < 1.29 is 18.8 Å². The van der Waals surface area contributed by atoms with Crippen LogP contribution in [-0.4, -0.2) is 46.6 Å². The molecule has 0 radical (unpaired) electrons. The van der Waals surface area contributed by atoms with Crippen molar-refractivity contribution in [1.29, 1.82) is 0 Å². The molecule has 0 spiro atoms. The van der Waals surface area contributed by atoms with Crippen LogP contribution in [0.25, 0.3) is 0 Å². The molecule has 0 aliphatic carbocycles. The first-order valence-electron chi connectivity index (χ1n) is 8.68. The van der Waals surface area contributed by atoms with Crippen LogP contribution in [0.15, 0.2) is 16.7 Å². The maximum absolute atomic E-state index is 12.6. The fraction of sp³-hybridized carbons (Fsp3) is 0.588. The zero-order valence-corrected chi connectivity index (χ0v) is 15.1. The van der Waals surface area contributed by atoms with E-state index in [0.717, 1.165) is 12.8 Å². The molecule has 1 N–H and O–H groups in total. The summed E-state index contributed by atoms with van der Waals surface area (Å²) in [5.74, 6) is 1.33. The fourth-order valence-electron chi connectivity index (χ4n) is 2.80. The highest BCUT2D eigenvalue weighted by molar-refractivity contribution is 5.92. The van der Waals surface area contributed by atoms with Gasteiger partial charge in [0.25, 0.3) is 5.91 Å². The van der Waals surface area contributed by atoms with E-state index < -0.39 is 6.04 Å². The van der Waals surface area contributed by atoms with Gasteiger partial charge in [-0.2, -0.15) is 4.98 Å². The molecule has 1 fully saturated rings. The standard InChI is InChI=1S/C17H23N5O4/c1-10(2)15-19-17(26-22-15)14(11-6-8-25-9-7-11)18-16(23)12-4-5-13(24-3)21-20-12/h4-5,10-11,14H,6-9H2,1-3H3,(H,18,23). The Morgan fingerprint density at radius 1 is 1.27 bits per heavy atom. The van der Waals surface area contributed by atoms with Crippen molar-refractivity contribution in [3.8, 4) is 5.88 Å². The Morgan fingerprint density at radius 3 is 2.62 bits per heavy atom. The minimum absolute atomic E-state index is 0.144. The number of ether oxygens (including phenoxy) is 2. The molecular weight excluding hydrogens is 338 g/mol. The number of rotatable bonds is 6. The highest BCUT2D eigenvalue weighted by atomic mass is 16.5. The molecule has 140 valence electrons. The molecule has 1 unspecified atom stereocenters. The van der Waals surface area contributed by atoms with Crippen molar-refractivity contribution in [2.24, 2.45) is 5.92 Å². The highest BCUT2D eigenvalue weighted by Crippen LogP contribution is 2.30. The highest BCUT2D eigenvalue weighted by Gasteiger charge is 2.32. The van der Waals surface area contributed by atoms with Crippen LogP contribution in [0.2, 0.25) is 0 Å². The van der Waals surface area contributed by atoms with Gasteiger partial charge in [-0.1, -0.05) is 19.0 Å². The minimum atomic E-state index is -0.393. The number of amides is 1. The third-order valence-electron chi connectivity index (χ3n) is 4.35. The van der Waals surface area contributed by atoms with Gasteiger partial charge in [-0.25, -0.2) is 0 Å². The summed E-state index contributed by atoms with van der Waals surface area (Å²) in [6.07, 6.45) is 1.61. The summed E-state index contributed by atoms with van der Waals surface area (Å²) < 4.78 is 15.8. The Labute approximate surface area is 151 Å². The van der Waals surface area contributed by atoms with Crippen molar-refractivity contribution >= 4 is 5.91 Å². The number of hydrogen-bond acceptors (Lipinski definition) is 8. The van der Waals surface area contributed by atoms with Crippen LogP contribution in [0, 0.1) is 5.92 Å². The average molecular weight is 361 g/mol. The second kappa shape index (κ2) is 8.22. The second-order valence-corrected chi connectivity index (χ2v) is 6.51. The molecule has 1 atom stereocenters. The zero-order chi connectivity index (χ0) is 18.5. The van der Waals surface area contributed by atoms with Gasteiger partial charge in [0.2, 0.25) is 11.8 Å². The maximum atomic E-state index is 12.6. The molecule has 1 aliphatic rings. The van der Waals surface area contributed by atoms with E-state index in [0.29, 0.717) is 30.8 Å². The number of hydrogen-bond donors (Lipinski definition) is 1. The summed E-state index contributed by atoms with van der Waals surface area (Å²) in [5, 5.41) is 14.7. The molecule has 1 amide bonds. The number of aromatic nitrogens is 4. The lowest BCUT2D eigenvalue weighted by atomic mass is 9.91. The third-order valence-corrected chi connectivity index (χ3v) is 4.35. The molecule has 9 heteroatoms. The van der Waals surface area contributed by atoms with E-state index in [9.17, 15) is 4.79 Å². The number of carbonyl (C=O) groups is 1. The monoisotopic (exact) mass is 361 g/mol. The van der Waals surface area contributed by atoms with E-state index in [-0.39, 0.29) is 23.4 Å². The normalized spacial score (nSPS) is 16.5. The van der Waals surface area contributed by atoms with Crippen LogP contribution >= 0.6 is 0 Å². The second-order valence-electron chi connectivity index (χ2n) is 6.51. The van der Waals surface area contributed by atoms with Crippen molar-refractivity contribution in [2.75, 3.05) is 20.3 Å². The first-order valence-corrected chi connectivity index (χ1v) is 8.68. The van der Waals surface area contributed by atoms with Crippen molar-refractivity contribution in [1.82, 2.24) is 25.7 Å². The van der Waals surface area contributed by atoms with Crippen LogP contribution in [0.4, 0.5) is 0 Å². The largest absolute Gasteiger partial charge is 0.480 e. The number of methoxy groups -OCH3 is 1. The van der Waals surface area contributed by atoms with Crippen LogP contribution in [0.3, 0.4) is 0 Å². The summed E-state index contributed by atoms with van der Waals surface area (Å²) >= 11 is 0. The molecule has 0 saturated carbocycles. The predicted octanol–water partition coefficient (Wildman–Crippen LogP) is 1.89. The minimum Gasteiger partial charge on any atom is -0.480 e. The molecule has 3 rings (SSSR count). The fourth-order valence-corrected chi connectivity index (χ4v) is 2.80. The first kappa shape index (κ1) is 18.2. The Balaban J connectivity index is 1.80. The van der Waals surface area contributed by atoms with Crippen LogP contribution in [-0.2, 0) is 4.74 Å². The molecule has 0 bridgehead atoms. The maximum Gasteiger partial charge on any atom is 0.272 e. The van der Waals surface area contributed by atoms with Gasteiger partial charge in [0.15, 0.2) is 11.5 Å². The first-order chi connectivity index (χ1) is 12.6. The Hall–Kier alpha value is -2.55. The van der Waals surface area contributed by atoms with Gasteiger partial charge in [-0.05, 0) is 24.8 Å². The van der Waals surface area contributed by atoms with Gasteiger partial charge in [-0.15, -0.1) is 10.2 Å². The Kier molecular flexibility index (Phi) is 5.77.